The van der Waals surface area contributed by atoms with E-state index in [1.165, 1.54) is 13.2 Å². The minimum absolute atomic E-state index is 0.0981. The van der Waals surface area contributed by atoms with Crippen LogP contribution in [0.2, 0.25) is 0 Å². The Hall–Kier alpha value is -1.20. The molecule has 0 saturated carbocycles. The van der Waals surface area contributed by atoms with Crippen molar-refractivity contribution in [3.63, 3.8) is 0 Å². The Morgan fingerprint density at radius 1 is 1.40 bits per heavy atom. The lowest BCUT2D eigenvalue weighted by Crippen LogP contribution is -2.62. The topological polar surface area (TPSA) is 47.3 Å². The van der Waals surface area contributed by atoms with Gasteiger partial charge in [0, 0.05) is 18.7 Å². The Morgan fingerprint density at radius 2 is 2.07 bits per heavy atom. The van der Waals surface area contributed by atoms with Crippen molar-refractivity contribution in [2.75, 3.05) is 20.2 Å². The Balaban J connectivity index is 2.52. The van der Waals surface area contributed by atoms with Crippen molar-refractivity contribution in [1.29, 1.82) is 0 Å². The van der Waals surface area contributed by atoms with Crippen molar-refractivity contribution >= 4 is 0 Å². The molecule has 15 heavy (non-hydrogen) atoms. The van der Waals surface area contributed by atoms with E-state index in [-0.39, 0.29) is 5.75 Å². The van der Waals surface area contributed by atoms with Crippen LogP contribution in [0.15, 0.2) is 12.1 Å². The Morgan fingerprint density at radius 3 is 2.53 bits per heavy atom. The largest absolute Gasteiger partial charge is 0.493 e. The van der Waals surface area contributed by atoms with Gasteiger partial charge in [-0.3, -0.25) is 0 Å². The van der Waals surface area contributed by atoms with Crippen LogP contribution in [-0.4, -0.2) is 20.2 Å². The molecule has 1 aromatic rings. The van der Waals surface area contributed by atoms with Crippen LogP contribution in [0.25, 0.3) is 0 Å². The molecule has 0 spiro atoms. The summed E-state index contributed by atoms with van der Waals surface area (Å²) in [5, 5.41) is 2.99. The van der Waals surface area contributed by atoms with Gasteiger partial charge in [0.05, 0.1) is 12.6 Å². The number of hydrogen-bond donors (Lipinski definition) is 2. The molecule has 1 saturated heterocycles. The molecular weight excluding hydrogens is 202 g/mol. The van der Waals surface area contributed by atoms with E-state index in [1.807, 2.05) is 0 Å². The molecule has 1 aromatic carbocycles. The Labute approximate surface area is 86.2 Å². The summed E-state index contributed by atoms with van der Waals surface area (Å²) >= 11 is 0. The normalized spacial score (nSPS) is 18.4. The fraction of sp³-hybridized carbons (Fsp3) is 0.400. The quantitative estimate of drug-likeness (QED) is 0.763. The molecule has 1 heterocycles. The van der Waals surface area contributed by atoms with Crippen molar-refractivity contribution in [3.05, 3.63) is 29.3 Å². The van der Waals surface area contributed by atoms with E-state index in [9.17, 15) is 8.78 Å². The molecule has 0 bridgehead atoms. The number of nitrogens with two attached hydrogens (primary N) is 1. The van der Waals surface area contributed by atoms with Crippen molar-refractivity contribution in [2.24, 2.45) is 5.73 Å². The van der Waals surface area contributed by atoms with Gasteiger partial charge in [-0.1, -0.05) is 6.07 Å². The van der Waals surface area contributed by atoms with Gasteiger partial charge < -0.3 is 15.8 Å². The van der Waals surface area contributed by atoms with E-state index in [0.29, 0.717) is 18.7 Å². The van der Waals surface area contributed by atoms with E-state index in [0.717, 1.165) is 6.07 Å². The monoisotopic (exact) mass is 214 g/mol. The number of halogens is 2. The van der Waals surface area contributed by atoms with Gasteiger partial charge >= 0.3 is 0 Å². The third-order valence-corrected chi connectivity index (χ3v) is 2.67. The maximum Gasteiger partial charge on any atom is 0.200 e. The van der Waals surface area contributed by atoms with Crippen LogP contribution in [-0.2, 0) is 5.54 Å². The third kappa shape index (κ3) is 1.48. The molecule has 3 nitrogen and oxygen atoms in total. The fourth-order valence-corrected chi connectivity index (χ4v) is 1.71. The molecule has 0 aromatic heterocycles. The summed E-state index contributed by atoms with van der Waals surface area (Å²) < 4.78 is 31.2. The van der Waals surface area contributed by atoms with E-state index in [1.54, 1.807) is 0 Å². The number of nitrogens with one attached hydrogen (secondary N) is 1. The van der Waals surface area contributed by atoms with E-state index >= 15 is 0 Å². The number of hydrogen-bond acceptors (Lipinski definition) is 3. The molecule has 2 rings (SSSR count). The number of ether oxygens (including phenoxy) is 1. The predicted molar refractivity (Wildman–Crippen MR) is 51.6 cm³/mol. The average Bonchev–Trinajstić information content (AvgIpc) is 2.18. The number of rotatable bonds is 2. The van der Waals surface area contributed by atoms with Gasteiger partial charge in [-0.15, -0.1) is 0 Å². The number of benzene rings is 1. The second-order valence-electron chi connectivity index (χ2n) is 3.70. The van der Waals surface area contributed by atoms with Crippen LogP contribution in [0.3, 0.4) is 0 Å². The van der Waals surface area contributed by atoms with Gasteiger partial charge in [-0.25, -0.2) is 4.39 Å². The summed E-state index contributed by atoms with van der Waals surface area (Å²) in [7, 11) is 1.30. The average molecular weight is 214 g/mol. The molecule has 1 fully saturated rings. The lowest BCUT2D eigenvalue weighted by Gasteiger charge is -2.40. The maximum absolute atomic E-state index is 13.4. The lowest BCUT2D eigenvalue weighted by atomic mass is 9.84. The Bertz CT molecular complexity index is 391. The highest BCUT2D eigenvalue weighted by Gasteiger charge is 2.38. The fourth-order valence-electron chi connectivity index (χ4n) is 1.71. The first-order chi connectivity index (χ1) is 7.08. The molecule has 0 radical (unpaired) electrons. The van der Waals surface area contributed by atoms with Crippen molar-refractivity contribution in [1.82, 2.24) is 5.32 Å². The van der Waals surface area contributed by atoms with E-state index in [4.69, 9.17) is 10.5 Å². The van der Waals surface area contributed by atoms with Crippen LogP contribution in [0.5, 0.6) is 5.75 Å². The summed E-state index contributed by atoms with van der Waals surface area (Å²) in [5.41, 5.74) is 5.84. The van der Waals surface area contributed by atoms with Crippen LogP contribution < -0.4 is 15.8 Å². The van der Waals surface area contributed by atoms with Crippen LogP contribution in [0.1, 0.15) is 5.56 Å². The first-order valence-electron chi connectivity index (χ1n) is 4.60. The van der Waals surface area contributed by atoms with Crippen LogP contribution in [0, 0.1) is 11.6 Å². The van der Waals surface area contributed by atoms with Gasteiger partial charge in [-0.2, -0.15) is 4.39 Å². The van der Waals surface area contributed by atoms with Crippen LogP contribution in [0.4, 0.5) is 8.78 Å². The molecule has 3 N–H and O–H groups in total. The van der Waals surface area contributed by atoms with Crippen LogP contribution >= 0.6 is 0 Å². The van der Waals surface area contributed by atoms with Gasteiger partial charge in [0.15, 0.2) is 11.6 Å². The molecule has 0 aliphatic carbocycles. The molecule has 0 atom stereocenters. The second-order valence-corrected chi connectivity index (χ2v) is 3.70. The molecule has 0 unspecified atom stereocenters. The minimum Gasteiger partial charge on any atom is -0.493 e. The van der Waals surface area contributed by atoms with Gasteiger partial charge in [-0.05, 0) is 6.07 Å². The zero-order valence-corrected chi connectivity index (χ0v) is 8.31. The van der Waals surface area contributed by atoms with Crippen molar-refractivity contribution < 1.29 is 13.5 Å². The molecule has 1 aliphatic rings. The molecule has 5 heteroatoms. The first-order valence-corrected chi connectivity index (χ1v) is 4.60. The highest BCUT2D eigenvalue weighted by molar-refractivity contribution is 5.42. The minimum atomic E-state index is -0.980. The molecular formula is C10H12F2N2O. The second kappa shape index (κ2) is 3.43. The summed E-state index contributed by atoms with van der Waals surface area (Å²) in [6.07, 6.45) is 0. The summed E-state index contributed by atoms with van der Waals surface area (Å²) in [5.74, 6) is -2.00. The number of methoxy groups -OCH3 is 1. The molecule has 1 aliphatic heterocycles. The summed E-state index contributed by atoms with van der Waals surface area (Å²) in [4.78, 5) is 0. The summed E-state index contributed by atoms with van der Waals surface area (Å²) in [6, 6.07) is 2.54. The van der Waals surface area contributed by atoms with Gasteiger partial charge in [0.25, 0.3) is 0 Å². The smallest absolute Gasteiger partial charge is 0.200 e. The SMILES string of the molecule is COc1c(C2(N)CNC2)ccc(F)c1F. The van der Waals surface area contributed by atoms with E-state index < -0.39 is 17.2 Å². The molecule has 0 amide bonds. The maximum atomic E-state index is 13.4. The van der Waals surface area contributed by atoms with Crippen molar-refractivity contribution in [2.45, 2.75) is 5.54 Å². The Kier molecular flexibility index (Phi) is 2.36. The first kappa shape index (κ1) is 10.3. The van der Waals surface area contributed by atoms with Gasteiger partial charge in [0.1, 0.15) is 0 Å². The van der Waals surface area contributed by atoms with E-state index in [2.05, 4.69) is 5.32 Å². The van der Waals surface area contributed by atoms with Crippen molar-refractivity contribution in [3.8, 4) is 5.75 Å². The predicted octanol–water partition coefficient (Wildman–Crippen LogP) is 0.731. The highest BCUT2D eigenvalue weighted by atomic mass is 19.2. The zero-order valence-electron chi connectivity index (χ0n) is 8.31. The summed E-state index contributed by atoms with van der Waals surface area (Å²) in [6.45, 7) is 1.07. The zero-order chi connectivity index (χ0) is 11.1. The third-order valence-electron chi connectivity index (χ3n) is 2.67. The highest BCUT2D eigenvalue weighted by Crippen LogP contribution is 2.33. The molecule has 82 valence electrons. The van der Waals surface area contributed by atoms with Gasteiger partial charge in [0.2, 0.25) is 5.82 Å². The lowest BCUT2D eigenvalue weighted by molar-refractivity contribution is 0.268. The standard InChI is InChI=1S/C10H12F2N2O/c1-15-9-6(10(13)4-14-5-10)2-3-7(11)8(9)12/h2-3,14H,4-5,13H2,1H3.